The largest absolute Gasteiger partial charge is 0.383 e. The van der Waals surface area contributed by atoms with E-state index < -0.39 is 0 Å². The van der Waals surface area contributed by atoms with Gasteiger partial charge in [-0.15, -0.1) is 0 Å². The van der Waals surface area contributed by atoms with Gasteiger partial charge in [0.2, 0.25) is 0 Å². The van der Waals surface area contributed by atoms with Gasteiger partial charge < -0.3 is 14.8 Å². The van der Waals surface area contributed by atoms with Gasteiger partial charge in [-0.05, 0) is 31.4 Å². The highest BCUT2D eigenvalue weighted by molar-refractivity contribution is 6.30. The number of halogens is 2. The first-order valence-electron chi connectivity index (χ1n) is 7.33. The number of hydrogen-bond donors (Lipinski definition) is 1. The van der Waals surface area contributed by atoms with Gasteiger partial charge >= 0.3 is 0 Å². The topological polar surface area (TPSA) is 30.5 Å². The molecule has 1 saturated heterocycles. The van der Waals surface area contributed by atoms with E-state index in [2.05, 4.69) is 12.2 Å². The molecule has 0 aliphatic carbocycles. The van der Waals surface area contributed by atoms with Crippen LogP contribution in [0.25, 0.3) is 0 Å². The smallest absolute Gasteiger partial charge is 0.144 e. The Morgan fingerprint density at radius 1 is 1.52 bits per heavy atom. The molecule has 0 spiro atoms. The number of methoxy groups -OCH3 is 1. The van der Waals surface area contributed by atoms with Gasteiger partial charge in [-0.2, -0.15) is 0 Å². The molecule has 0 aromatic heterocycles. The Balaban J connectivity index is 2.11. The van der Waals surface area contributed by atoms with E-state index in [0.29, 0.717) is 18.6 Å². The van der Waals surface area contributed by atoms with E-state index >= 15 is 0 Å². The summed E-state index contributed by atoms with van der Waals surface area (Å²) in [6.45, 7) is 5.01. The van der Waals surface area contributed by atoms with Gasteiger partial charge in [-0.1, -0.05) is 23.7 Å². The van der Waals surface area contributed by atoms with Crippen LogP contribution in [-0.2, 0) is 15.9 Å². The molecule has 2 atom stereocenters. The van der Waals surface area contributed by atoms with Crippen molar-refractivity contribution in [2.24, 2.45) is 5.41 Å². The number of benzene rings is 1. The molecule has 1 aliphatic heterocycles. The third-order valence-electron chi connectivity index (χ3n) is 4.36. The molecule has 0 bridgehead atoms. The zero-order valence-corrected chi connectivity index (χ0v) is 13.4. The summed E-state index contributed by atoms with van der Waals surface area (Å²) in [6, 6.07) is 5.19. The van der Waals surface area contributed by atoms with Crippen molar-refractivity contribution >= 4 is 11.6 Å². The highest BCUT2D eigenvalue weighted by Gasteiger charge is 2.41. The summed E-state index contributed by atoms with van der Waals surface area (Å²) in [5, 5.41) is 3.58. The summed E-state index contributed by atoms with van der Waals surface area (Å²) in [7, 11) is 1.68. The molecule has 1 aliphatic rings. The van der Waals surface area contributed by atoms with E-state index in [1.807, 2.05) is 6.07 Å². The van der Waals surface area contributed by atoms with Gasteiger partial charge in [0.15, 0.2) is 0 Å². The highest BCUT2D eigenvalue weighted by atomic mass is 35.5. The van der Waals surface area contributed by atoms with Crippen LogP contribution in [0.1, 0.15) is 18.9 Å². The van der Waals surface area contributed by atoms with Crippen molar-refractivity contribution < 1.29 is 13.9 Å². The SMILES string of the molecule is COCCNCC1(Cc2cccc(Cl)c2F)CCOC1C. The summed E-state index contributed by atoms with van der Waals surface area (Å²) in [5.41, 5.74) is 0.563. The molecular weight excluding hydrogens is 293 g/mol. The number of hydrogen-bond acceptors (Lipinski definition) is 3. The fourth-order valence-corrected chi connectivity index (χ4v) is 3.12. The van der Waals surface area contributed by atoms with Gasteiger partial charge in [-0.25, -0.2) is 4.39 Å². The second kappa shape index (κ2) is 7.54. The number of rotatable bonds is 7. The first-order chi connectivity index (χ1) is 10.1. The number of ether oxygens (including phenoxy) is 2. The molecule has 1 aromatic carbocycles. The van der Waals surface area contributed by atoms with Crippen molar-refractivity contribution in [2.75, 3.05) is 33.4 Å². The van der Waals surface area contributed by atoms with E-state index in [4.69, 9.17) is 21.1 Å². The van der Waals surface area contributed by atoms with Crippen molar-refractivity contribution in [1.82, 2.24) is 5.32 Å². The predicted octanol–water partition coefficient (Wildman–Crippen LogP) is 3.05. The van der Waals surface area contributed by atoms with Gasteiger partial charge in [0.05, 0.1) is 17.7 Å². The average molecular weight is 316 g/mol. The Kier molecular flexibility index (Phi) is 5.99. The minimum atomic E-state index is -0.311. The summed E-state index contributed by atoms with van der Waals surface area (Å²) in [5.74, 6) is -0.311. The van der Waals surface area contributed by atoms with Crippen LogP contribution in [0.3, 0.4) is 0 Å². The van der Waals surface area contributed by atoms with Crippen molar-refractivity contribution in [3.8, 4) is 0 Å². The van der Waals surface area contributed by atoms with E-state index in [9.17, 15) is 4.39 Å². The lowest BCUT2D eigenvalue weighted by Gasteiger charge is -2.33. The lowest BCUT2D eigenvalue weighted by Crippen LogP contribution is -2.42. The van der Waals surface area contributed by atoms with Crippen LogP contribution in [0, 0.1) is 11.2 Å². The minimum Gasteiger partial charge on any atom is -0.383 e. The summed E-state index contributed by atoms with van der Waals surface area (Å²) >= 11 is 5.89. The maximum Gasteiger partial charge on any atom is 0.144 e. The lowest BCUT2D eigenvalue weighted by atomic mass is 9.76. The summed E-state index contributed by atoms with van der Waals surface area (Å²) < 4.78 is 25.0. The number of nitrogens with one attached hydrogen (secondary N) is 1. The van der Waals surface area contributed by atoms with Crippen molar-refractivity contribution in [3.05, 3.63) is 34.6 Å². The van der Waals surface area contributed by atoms with Crippen LogP contribution in [0.15, 0.2) is 18.2 Å². The normalized spacial score (nSPS) is 25.4. The molecule has 3 nitrogen and oxygen atoms in total. The molecule has 21 heavy (non-hydrogen) atoms. The maximum atomic E-state index is 14.2. The zero-order chi connectivity index (χ0) is 15.3. The van der Waals surface area contributed by atoms with Crippen molar-refractivity contribution in [2.45, 2.75) is 25.9 Å². The van der Waals surface area contributed by atoms with Crippen LogP contribution in [0.4, 0.5) is 4.39 Å². The van der Waals surface area contributed by atoms with E-state index in [-0.39, 0.29) is 22.4 Å². The molecule has 2 rings (SSSR count). The molecule has 0 radical (unpaired) electrons. The molecule has 118 valence electrons. The Labute approximate surface area is 130 Å². The lowest BCUT2D eigenvalue weighted by molar-refractivity contribution is 0.0615. The monoisotopic (exact) mass is 315 g/mol. The Hall–Kier alpha value is -0.680. The molecule has 5 heteroatoms. The molecular formula is C16H23ClFNO2. The van der Waals surface area contributed by atoms with Gasteiger partial charge in [-0.3, -0.25) is 0 Å². The molecule has 1 heterocycles. The summed E-state index contributed by atoms with van der Waals surface area (Å²) in [4.78, 5) is 0. The first-order valence-corrected chi connectivity index (χ1v) is 7.71. The standard InChI is InChI=1S/C16H23ClFNO2/c1-12-16(6-8-21-12,11-19-7-9-20-2)10-13-4-3-5-14(17)15(13)18/h3-5,12,19H,6-11H2,1-2H3. The third-order valence-corrected chi connectivity index (χ3v) is 4.66. The van der Waals surface area contributed by atoms with E-state index in [0.717, 1.165) is 26.1 Å². The Morgan fingerprint density at radius 3 is 3.00 bits per heavy atom. The quantitative estimate of drug-likeness (QED) is 0.785. The molecule has 1 aromatic rings. The van der Waals surface area contributed by atoms with Crippen LogP contribution in [0.5, 0.6) is 0 Å². The van der Waals surface area contributed by atoms with E-state index in [1.165, 1.54) is 0 Å². The average Bonchev–Trinajstić information content (AvgIpc) is 2.82. The Bertz CT molecular complexity index is 472. The molecule has 1 fully saturated rings. The van der Waals surface area contributed by atoms with E-state index in [1.54, 1.807) is 19.2 Å². The predicted molar refractivity (Wildman–Crippen MR) is 82.3 cm³/mol. The molecule has 2 unspecified atom stereocenters. The van der Waals surface area contributed by atoms with Gasteiger partial charge in [0.25, 0.3) is 0 Å². The summed E-state index contributed by atoms with van der Waals surface area (Å²) in [6.07, 6.45) is 1.63. The fraction of sp³-hybridized carbons (Fsp3) is 0.625. The molecule has 0 amide bonds. The third kappa shape index (κ3) is 3.95. The minimum absolute atomic E-state index is 0.0888. The van der Waals surface area contributed by atoms with Gasteiger partial charge in [0.1, 0.15) is 5.82 Å². The fourth-order valence-electron chi connectivity index (χ4n) is 2.92. The van der Waals surface area contributed by atoms with Crippen molar-refractivity contribution in [1.29, 1.82) is 0 Å². The van der Waals surface area contributed by atoms with Crippen molar-refractivity contribution in [3.63, 3.8) is 0 Å². The highest BCUT2D eigenvalue weighted by Crippen LogP contribution is 2.38. The second-order valence-corrected chi connectivity index (χ2v) is 6.09. The maximum absolute atomic E-state index is 14.2. The van der Waals surface area contributed by atoms with Crippen LogP contribution < -0.4 is 5.32 Å². The van der Waals surface area contributed by atoms with Crippen LogP contribution in [-0.4, -0.2) is 39.5 Å². The first kappa shape index (κ1) is 16.7. The van der Waals surface area contributed by atoms with Crippen LogP contribution >= 0.6 is 11.6 Å². The van der Waals surface area contributed by atoms with Crippen LogP contribution in [0.2, 0.25) is 5.02 Å². The second-order valence-electron chi connectivity index (χ2n) is 5.68. The zero-order valence-electron chi connectivity index (χ0n) is 12.6. The van der Waals surface area contributed by atoms with Gasteiger partial charge in [0, 0.05) is 32.2 Å². The Morgan fingerprint density at radius 2 is 2.33 bits per heavy atom. The molecule has 0 saturated carbocycles. The molecule has 1 N–H and O–H groups in total.